The third kappa shape index (κ3) is 3.77. The van der Waals surface area contributed by atoms with Gasteiger partial charge in [0.15, 0.2) is 0 Å². The van der Waals surface area contributed by atoms with Gasteiger partial charge in [0, 0.05) is 11.3 Å². The number of rotatable bonds is 6. The highest BCUT2D eigenvalue weighted by molar-refractivity contribution is 7.98. The lowest BCUT2D eigenvalue weighted by molar-refractivity contribution is 0.307. The first-order valence-corrected chi connectivity index (χ1v) is 8.92. The van der Waals surface area contributed by atoms with Gasteiger partial charge in [0.05, 0.1) is 20.3 Å². The molecule has 0 radical (unpaired) electrons. The Morgan fingerprint density at radius 1 is 1.17 bits per heavy atom. The maximum absolute atomic E-state index is 5.43. The van der Waals surface area contributed by atoms with Gasteiger partial charge in [-0.2, -0.15) is 0 Å². The number of thioether (sulfide) groups is 1. The van der Waals surface area contributed by atoms with E-state index in [9.17, 15) is 0 Å². The van der Waals surface area contributed by atoms with Gasteiger partial charge in [-0.1, -0.05) is 31.0 Å². The lowest BCUT2D eigenvalue weighted by atomic mass is 9.96. The van der Waals surface area contributed by atoms with E-state index >= 15 is 0 Å². The average molecular weight is 334 g/mol. The Hall–Kier alpha value is -1.76. The molecule has 1 aromatic carbocycles. The van der Waals surface area contributed by atoms with E-state index in [2.05, 4.69) is 15.5 Å². The van der Waals surface area contributed by atoms with E-state index in [1.54, 1.807) is 26.0 Å². The molecule has 0 bridgehead atoms. The smallest absolute Gasteiger partial charge is 0.209 e. The molecule has 0 atom stereocenters. The van der Waals surface area contributed by atoms with Crippen molar-refractivity contribution in [1.29, 1.82) is 0 Å². The van der Waals surface area contributed by atoms with E-state index in [0.29, 0.717) is 6.04 Å². The first kappa shape index (κ1) is 16.1. The number of benzene rings is 1. The number of hydrogen-bond acceptors (Lipinski definition) is 6. The largest absolute Gasteiger partial charge is 0.497 e. The van der Waals surface area contributed by atoms with Gasteiger partial charge in [0.1, 0.15) is 11.5 Å². The molecule has 1 aliphatic carbocycles. The molecule has 0 saturated heterocycles. The lowest BCUT2D eigenvalue weighted by Crippen LogP contribution is -2.15. The van der Waals surface area contributed by atoms with Crippen molar-refractivity contribution < 1.29 is 9.47 Å². The number of tetrazole rings is 1. The van der Waals surface area contributed by atoms with Crippen LogP contribution < -0.4 is 9.47 Å². The monoisotopic (exact) mass is 334 g/mol. The number of nitrogens with zero attached hydrogens (tertiary/aromatic N) is 4. The van der Waals surface area contributed by atoms with Gasteiger partial charge < -0.3 is 9.47 Å². The SMILES string of the molecule is COc1ccc(OC)c(CSc2nnnn2C2CCCCC2)c1. The molecular weight excluding hydrogens is 312 g/mol. The second-order valence-electron chi connectivity index (χ2n) is 5.66. The van der Waals surface area contributed by atoms with Crippen LogP contribution >= 0.6 is 11.8 Å². The van der Waals surface area contributed by atoms with Crippen LogP contribution in [-0.4, -0.2) is 34.4 Å². The maximum Gasteiger partial charge on any atom is 0.209 e. The highest BCUT2D eigenvalue weighted by Gasteiger charge is 2.20. The molecule has 0 unspecified atom stereocenters. The summed E-state index contributed by atoms with van der Waals surface area (Å²) in [7, 11) is 3.35. The fraction of sp³-hybridized carbons (Fsp3) is 0.562. The highest BCUT2D eigenvalue weighted by atomic mass is 32.2. The maximum atomic E-state index is 5.43. The van der Waals surface area contributed by atoms with Crippen LogP contribution in [-0.2, 0) is 5.75 Å². The Morgan fingerprint density at radius 3 is 2.74 bits per heavy atom. The Balaban J connectivity index is 1.72. The van der Waals surface area contributed by atoms with Gasteiger partial charge in [0.2, 0.25) is 5.16 Å². The topological polar surface area (TPSA) is 62.1 Å². The van der Waals surface area contributed by atoms with E-state index in [-0.39, 0.29) is 0 Å². The Labute approximate surface area is 140 Å². The molecule has 1 aromatic heterocycles. The molecule has 2 aromatic rings. The zero-order valence-corrected chi connectivity index (χ0v) is 14.4. The van der Waals surface area contributed by atoms with Crippen LogP contribution in [0.25, 0.3) is 0 Å². The first-order chi connectivity index (χ1) is 11.3. The molecule has 0 aliphatic heterocycles. The summed E-state index contributed by atoms with van der Waals surface area (Å²) in [5.74, 6) is 2.43. The van der Waals surface area contributed by atoms with Gasteiger partial charge in [-0.05, 0) is 41.5 Å². The summed E-state index contributed by atoms with van der Waals surface area (Å²) < 4.78 is 12.7. The van der Waals surface area contributed by atoms with Crippen molar-refractivity contribution in [2.24, 2.45) is 0 Å². The minimum atomic E-state index is 0.438. The molecular formula is C16H22N4O2S. The average Bonchev–Trinajstić information content (AvgIpc) is 3.09. The zero-order valence-electron chi connectivity index (χ0n) is 13.6. The van der Waals surface area contributed by atoms with Crippen LogP contribution in [0.1, 0.15) is 43.7 Å². The predicted octanol–water partition coefficient (Wildman–Crippen LogP) is 3.49. The van der Waals surface area contributed by atoms with Crippen molar-refractivity contribution in [2.45, 2.75) is 49.1 Å². The number of aromatic nitrogens is 4. The third-order valence-electron chi connectivity index (χ3n) is 4.23. The van der Waals surface area contributed by atoms with Crippen LogP contribution in [0.3, 0.4) is 0 Å². The van der Waals surface area contributed by atoms with Crippen molar-refractivity contribution in [1.82, 2.24) is 20.2 Å². The van der Waals surface area contributed by atoms with E-state index in [4.69, 9.17) is 9.47 Å². The molecule has 1 fully saturated rings. The molecule has 0 amide bonds. The molecule has 1 saturated carbocycles. The van der Waals surface area contributed by atoms with E-state index in [1.165, 1.54) is 32.1 Å². The molecule has 23 heavy (non-hydrogen) atoms. The summed E-state index contributed by atoms with van der Waals surface area (Å²) in [6.07, 6.45) is 6.18. The second-order valence-corrected chi connectivity index (χ2v) is 6.61. The summed E-state index contributed by atoms with van der Waals surface area (Å²) in [5, 5.41) is 13.2. The molecule has 1 heterocycles. The molecule has 0 N–H and O–H groups in total. The molecule has 1 aliphatic rings. The van der Waals surface area contributed by atoms with Gasteiger partial charge in [-0.15, -0.1) is 5.10 Å². The van der Waals surface area contributed by atoms with Crippen molar-refractivity contribution in [2.75, 3.05) is 14.2 Å². The summed E-state index contributed by atoms with van der Waals surface area (Å²) in [6, 6.07) is 6.27. The van der Waals surface area contributed by atoms with Gasteiger partial charge in [-0.25, -0.2) is 4.68 Å². The summed E-state index contributed by atoms with van der Waals surface area (Å²) >= 11 is 1.64. The first-order valence-electron chi connectivity index (χ1n) is 7.93. The number of methoxy groups -OCH3 is 2. The van der Waals surface area contributed by atoms with Crippen LogP contribution in [0, 0.1) is 0 Å². The summed E-state index contributed by atoms with van der Waals surface area (Å²) in [5.41, 5.74) is 1.08. The Bertz CT molecular complexity index is 641. The molecule has 6 nitrogen and oxygen atoms in total. The number of hydrogen-bond donors (Lipinski definition) is 0. The molecule has 124 valence electrons. The fourth-order valence-electron chi connectivity index (χ4n) is 2.97. The minimum absolute atomic E-state index is 0.438. The van der Waals surface area contributed by atoms with Gasteiger partial charge in [0.25, 0.3) is 0 Å². The normalized spacial score (nSPS) is 15.6. The predicted molar refractivity (Wildman–Crippen MR) is 89.0 cm³/mol. The van der Waals surface area contributed by atoms with E-state index in [1.807, 2.05) is 22.9 Å². The second kappa shape index (κ2) is 7.68. The Morgan fingerprint density at radius 2 is 2.00 bits per heavy atom. The molecule has 7 heteroatoms. The van der Waals surface area contributed by atoms with Crippen molar-refractivity contribution in [3.05, 3.63) is 23.8 Å². The summed E-state index contributed by atoms with van der Waals surface area (Å²) in [4.78, 5) is 0. The standard InChI is InChI=1S/C16H22N4O2S/c1-21-14-8-9-15(22-2)12(10-14)11-23-16-17-18-19-20(16)13-6-4-3-5-7-13/h8-10,13H,3-7,11H2,1-2H3. The number of ether oxygens (including phenoxy) is 2. The molecule has 3 rings (SSSR count). The van der Waals surface area contributed by atoms with Crippen molar-refractivity contribution in [3.63, 3.8) is 0 Å². The lowest BCUT2D eigenvalue weighted by Gasteiger charge is -2.22. The van der Waals surface area contributed by atoms with Crippen molar-refractivity contribution >= 4 is 11.8 Å². The van der Waals surface area contributed by atoms with Crippen LogP contribution in [0.5, 0.6) is 11.5 Å². The van der Waals surface area contributed by atoms with Gasteiger partial charge >= 0.3 is 0 Å². The van der Waals surface area contributed by atoms with Crippen molar-refractivity contribution in [3.8, 4) is 11.5 Å². The van der Waals surface area contributed by atoms with E-state index < -0.39 is 0 Å². The van der Waals surface area contributed by atoms with Crippen LogP contribution in [0.4, 0.5) is 0 Å². The van der Waals surface area contributed by atoms with Crippen LogP contribution in [0.2, 0.25) is 0 Å². The Kier molecular flexibility index (Phi) is 5.38. The summed E-state index contributed by atoms with van der Waals surface area (Å²) in [6.45, 7) is 0. The van der Waals surface area contributed by atoms with E-state index in [0.717, 1.165) is 28.0 Å². The third-order valence-corrected chi connectivity index (χ3v) is 5.21. The zero-order chi connectivity index (χ0) is 16.1. The fourth-order valence-corrected chi connectivity index (χ4v) is 3.89. The quantitative estimate of drug-likeness (QED) is 0.754. The van der Waals surface area contributed by atoms with Gasteiger partial charge in [-0.3, -0.25) is 0 Å². The van der Waals surface area contributed by atoms with Crippen LogP contribution in [0.15, 0.2) is 23.4 Å². The highest BCUT2D eigenvalue weighted by Crippen LogP contribution is 2.33. The molecule has 0 spiro atoms. The minimum Gasteiger partial charge on any atom is -0.497 e.